The van der Waals surface area contributed by atoms with Crippen molar-refractivity contribution in [1.29, 1.82) is 0 Å². The molecule has 644 valence electrons. The van der Waals surface area contributed by atoms with E-state index in [1.54, 1.807) is 72.8 Å². The second-order valence-electron chi connectivity index (χ2n) is 32.3. The van der Waals surface area contributed by atoms with Crippen LogP contribution in [0, 0.1) is 0 Å². The Balaban J connectivity index is 0.000000305. The number of aromatic amines is 2. The normalized spacial score (nSPS) is 13.0. The van der Waals surface area contributed by atoms with E-state index in [4.69, 9.17) is 9.97 Å². The molecule has 8 bridgehead atoms. The maximum atomic E-state index is 12.6. The lowest BCUT2D eigenvalue weighted by Crippen LogP contribution is -2.50. The first kappa shape index (κ1) is 97.1. The lowest BCUT2D eigenvalue weighted by molar-refractivity contribution is -0.929. The van der Waals surface area contributed by atoms with E-state index in [0.29, 0.717) is 95.0 Å². The molecule has 0 spiro atoms. The molecule has 3 aliphatic heterocycles. The number of nitrogens with zero attached hydrogens (tertiary/aromatic N) is 6. The van der Waals surface area contributed by atoms with Crippen LogP contribution in [0.5, 0.6) is 0 Å². The van der Waals surface area contributed by atoms with Gasteiger partial charge in [0.15, 0.2) is 0 Å². The lowest BCUT2D eigenvalue weighted by atomic mass is 10.0. The first-order chi connectivity index (χ1) is 56.6. The molecule has 0 saturated carbocycles. The molecule has 6 heterocycles. The molecule has 4 aromatic carbocycles. The van der Waals surface area contributed by atoms with Crippen molar-refractivity contribution in [2.75, 3.05) is 83.4 Å². The van der Waals surface area contributed by atoms with Crippen molar-refractivity contribution in [2.24, 2.45) is 0 Å². The van der Waals surface area contributed by atoms with Crippen LogP contribution in [0.15, 0.2) is 148 Å². The van der Waals surface area contributed by atoms with E-state index in [1.807, 2.05) is 0 Å². The molecule has 2 N–H and O–H groups in total. The Kier molecular flexibility index (Phi) is 39.4. The van der Waals surface area contributed by atoms with E-state index < -0.39 is 56.9 Å². The first-order valence-electron chi connectivity index (χ1n) is 44.2. The van der Waals surface area contributed by atoms with E-state index in [9.17, 15) is 48.5 Å². The van der Waals surface area contributed by atoms with E-state index in [0.717, 1.165) is 4.90 Å². The number of anilines is 1. The van der Waals surface area contributed by atoms with Crippen LogP contribution in [0.25, 0.3) is 90.9 Å². The third kappa shape index (κ3) is 27.8. The van der Waals surface area contributed by atoms with E-state index in [2.05, 4.69) is 93.1 Å². The minimum atomic E-state index is -4.80. The minimum Gasteiger partial charge on any atom is -0.744 e. The Hall–Kier alpha value is -8.03. The highest BCUT2D eigenvalue weighted by atomic mass is 32.2. The highest BCUT2D eigenvalue weighted by Gasteiger charge is 2.30. The highest BCUT2D eigenvalue weighted by Crippen LogP contribution is 2.40. The van der Waals surface area contributed by atoms with Gasteiger partial charge in [-0.3, -0.25) is 9.59 Å². The maximum absolute atomic E-state index is 12.6. The molecule has 2 amide bonds. The average molecular weight is 1670 g/mol. The number of unbranched alkanes of at least 4 members (excludes halogenated alkanes) is 12. The fraction of sp³-hybridized carbons (Fsp3) is 0.500. The number of carbonyl (C=O) groups excluding carboxylic acids is 2. The van der Waals surface area contributed by atoms with Crippen molar-refractivity contribution in [2.45, 2.75) is 252 Å². The second-order valence-corrected chi connectivity index (χ2v) is 36.4. The number of hydrogen-bond acceptors (Lipinski definition) is 13. The molecule has 0 radical (unpaired) electrons. The Morgan fingerprint density at radius 3 is 0.619 bits per heavy atom. The maximum Gasteiger partial charge on any atom is 0.258 e. The van der Waals surface area contributed by atoms with Gasteiger partial charge in [0.1, 0.15) is 30.4 Å². The predicted molar refractivity (Wildman–Crippen MR) is 484 cm³/mol. The summed E-state index contributed by atoms with van der Waals surface area (Å²) in [6.45, 7) is 45.1. The molecule has 0 saturated heterocycles. The molecule has 0 fully saturated rings. The van der Waals surface area contributed by atoms with Gasteiger partial charge in [-0.2, -0.15) is 0 Å². The van der Waals surface area contributed by atoms with Crippen molar-refractivity contribution in [1.82, 2.24) is 19.9 Å². The number of H-pyrrole nitrogens is 2. The van der Waals surface area contributed by atoms with Crippen LogP contribution < -0.4 is 4.90 Å². The summed E-state index contributed by atoms with van der Waals surface area (Å²) in [4.78, 5) is 42.0. The molecule has 3 aromatic heterocycles. The molecule has 19 nitrogen and oxygen atoms in total. The third-order valence-electron chi connectivity index (χ3n) is 23.1. The number of fused-ring (bicyclic) bond motifs is 8. The summed E-state index contributed by atoms with van der Waals surface area (Å²) in [6, 6.07) is 29.8. The zero-order chi connectivity index (χ0) is 85.9. The van der Waals surface area contributed by atoms with Crippen molar-refractivity contribution in [3.63, 3.8) is 0 Å². The van der Waals surface area contributed by atoms with Gasteiger partial charge in [-0.25, -0.2) is 40.1 Å². The molecular formula is C96H136N8O11S3. The van der Waals surface area contributed by atoms with Gasteiger partial charge < -0.3 is 37.1 Å². The first-order valence-corrected chi connectivity index (χ1v) is 48.4. The standard InChI is InChI=1S/C48H31N5O11S3.3C16H36N/c54-43-25-26-44(55)53(43)31-9-1-27(2-10-31)45-35-17-19-37(49-35)46(28-3-11-32(12-4-28)65(56,57)58)39-21-23-41(51-39)48(30-7-15-34(16-8-30)67(62,63)64)42-24-22-40(52-42)47(38-20-18-36(45)50-38)29-5-13-33(14-6-29)66(59,60)61;3*1-5-9-13-17(14-10-6-2,15-11-7-3)16-12-8-4/h1-26,49,52H,(H,56,57,58)(H,59,60,61)(H,62,63,64);3*5-16H2,1-4H3/q;3*+1/p-3. The highest BCUT2D eigenvalue weighted by molar-refractivity contribution is 7.86. The van der Waals surface area contributed by atoms with Gasteiger partial charge in [0.05, 0.1) is 122 Å². The van der Waals surface area contributed by atoms with Crippen LogP contribution in [0.4, 0.5) is 5.69 Å². The van der Waals surface area contributed by atoms with Gasteiger partial charge >= 0.3 is 0 Å². The van der Waals surface area contributed by atoms with Gasteiger partial charge in [-0.15, -0.1) is 0 Å². The number of quaternary nitrogens is 3. The molecule has 0 unspecified atom stereocenters. The summed E-state index contributed by atoms with van der Waals surface area (Å²) >= 11 is 0. The van der Waals surface area contributed by atoms with Gasteiger partial charge in [0, 0.05) is 56.5 Å². The van der Waals surface area contributed by atoms with Crippen LogP contribution in [0.1, 0.15) is 260 Å². The number of carbonyl (C=O) groups is 2. The molecule has 22 heteroatoms. The zero-order valence-electron chi connectivity index (χ0n) is 72.9. The van der Waals surface area contributed by atoms with Crippen LogP contribution >= 0.6 is 0 Å². The molecule has 118 heavy (non-hydrogen) atoms. The molecule has 3 aliphatic rings. The summed E-state index contributed by atoms with van der Waals surface area (Å²) in [5, 5.41) is 0. The summed E-state index contributed by atoms with van der Waals surface area (Å²) in [5.41, 5.74) is 7.98. The fourth-order valence-electron chi connectivity index (χ4n) is 16.2. The lowest BCUT2D eigenvalue weighted by Gasteiger charge is -2.39. The smallest absolute Gasteiger partial charge is 0.258 e. The van der Waals surface area contributed by atoms with Crippen LogP contribution in [-0.4, -0.2) is 163 Å². The number of hydrogen-bond donors (Lipinski definition) is 2. The van der Waals surface area contributed by atoms with Crippen molar-refractivity contribution in [3.8, 4) is 44.5 Å². The Morgan fingerprint density at radius 1 is 0.271 bits per heavy atom. The Bertz CT molecular complexity index is 4670. The molecule has 10 rings (SSSR count). The number of aromatic nitrogens is 4. The second kappa shape index (κ2) is 47.8. The van der Waals surface area contributed by atoms with E-state index in [1.165, 1.54) is 331 Å². The van der Waals surface area contributed by atoms with Crippen LogP contribution in [0.3, 0.4) is 0 Å². The van der Waals surface area contributed by atoms with Crippen LogP contribution in [-0.2, 0) is 39.9 Å². The summed E-state index contributed by atoms with van der Waals surface area (Å²) in [6.07, 6.45) is 42.5. The minimum absolute atomic E-state index is 0.336. The van der Waals surface area contributed by atoms with E-state index in [-0.39, 0.29) is 0 Å². The number of rotatable bonds is 44. The molecule has 0 atom stereocenters. The number of imide groups is 1. The largest absolute Gasteiger partial charge is 0.744 e. The number of benzene rings is 4. The summed E-state index contributed by atoms with van der Waals surface area (Å²) in [7, 11) is -14.4. The molecule has 0 aliphatic carbocycles. The summed E-state index contributed by atoms with van der Waals surface area (Å²) in [5.74, 6) is -0.984. The van der Waals surface area contributed by atoms with Crippen molar-refractivity contribution < 1.29 is 61.9 Å². The molecular weight excluding hydrogens is 1540 g/mol. The average Bonchev–Trinajstić information content (AvgIpc) is 1.61. The van der Waals surface area contributed by atoms with Gasteiger partial charge in [-0.1, -0.05) is 209 Å². The SMILES string of the molecule is CCCC[N+](CCCC)(CCCC)CCCC.CCCC[N+](CCCC)(CCCC)CCCC.CCCC[N+](CCCC)(CCCC)CCCC.O=C1C=CC(=O)N1c1ccc(-c2c3nc(c(-c4ccc(S(=O)(=O)[O-])cc4)c4ccc([nH]4)c(-c4ccc(S(=O)(=O)[O-])cc4)c4nc(c(-c5ccc(S(=O)(=O)[O-])cc5)c5ccc2[nH]5)C=C4)C=C3)cc1. The number of amides is 2. The molecule has 7 aromatic rings. The number of nitrogens with one attached hydrogen (secondary N) is 2. The van der Waals surface area contributed by atoms with Gasteiger partial charge in [-0.05, 0) is 196 Å². The predicted octanol–water partition coefficient (Wildman–Crippen LogP) is 22.5. The van der Waals surface area contributed by atoms with Crippen molar-refractivity contribution >= 4 is 94.2 Å². The van der Waals surface area contributed by atoms with Crippen LogP contribution in [0.2, 0.25) is 0 Å². The van der Waals surface area contributed by atoms with Crippen molar-refractivity contribution in [3.05, 3.63) is 156 Å². The summed E-state index contributed by atoms with van der Waals surface area (Å²) < 4.78 is 112. The zero-order valence-corrected chi connectivity index (χ0v) is 75.3. The van der Waals surface area contributed by atoms with E-state index >= 15 is 0 Å². The van der Waals surface area contributed by atoms with Gasteiger partial charge in [0.25, 0.3) is 11.8 Å². The monoisotopic (exact) mass is 1670 g/mol. The quantitative estimate of drug-likeness (QED) is 0.0205. The Morgan fingerprint density at radius 2 is 0.449 bits per heavy atom. The third-order valence-corrected chi connectivity index (χ3v) is 25.7. The Labute approximate surface area is 707 Å². The fourth-order valence-corrected chi connectivity index (χ4v) is 17.6. The topological polar surface area (TPSA) is 266 Å². The van der Waals surface area contributed by atoms with Gasteiger partial charge in [0.2, 0.25) is 0 Å².